The van der Waals surface area contributed by atoms with E-state index in [0.717, 1.165) is 18.5 Å². The molecule has 1 N–H and O–H groups in total. The zero-order valence-corrected chi connectivity index (χ0v) is 8.63. The topological polar surface area (TPSA) is 35.8 Å². The van der Waals surface area contributed by atoms with Crippen LogP contribution in [0.4, 0.5) is 10.1 Å². The zero-order chi connectivity index (χ0) is 10.9. The average molecular weight is 204 g/mol. The van der Waals surface area contributed by atoms with Crippen LogP contribution in [0.5, 0.6) is 0 Å². The minimum absolute atomic E-state index is 0.256. The predicted molar refractivity (Wildman–Crippen MR) is 56.8 cm³/mol. The van der Waals surface area contributed by atoms with Gasteiger partial charge in [0.05, 0.1) is 6.07 Å². The van der Waals surface area contributed by atoms with Gasteiger partial charge in [0.1, 0.15) is 11.4 Å². The monoisotopic (exact) mass is 204 g/mol. The van der Waals surface area contributed by atoms with Gasteiger partial charge in [-0.1, -0.05) is 6.92 Å². The Hall–Kier alpha value is -1.56. The fourth-order valence-electron chi connectivity index (χ4n) is 2.16. The summed E-state index contributed by atoms with van der Waals surface area (Å²) in [6.07, 6.45) is 1.72. The summed E-state index contributed by atoms with van der Waals surface area (Å²) < 4.78 is 12.7. The molecule has 0 atom stereocenters. The SMILES string of the molecule is CC1CC(C#N)(Nc2ccc(F)cc2)C1. The molecule has 1 fully saturated rings. The van der Waals surface area contributed by atoms with E-state index >= 15 is 0 Å². The van der Waals surface area contributed by atoms with Crippen molar-refractivity contribution in [1.29, 1.82) is 5.26 Å². The van der Waals surface area contributed by atoms with Gasteiger partial charge >= 0.3 is 0 Å². The van der Waals surface area contributed by atoms with Crippen LogP contribution in [0.2, 0.25) is 0 Å². The third kappa shape index (κ3) is 1.94. The highest BCUT2D eigenvalue weighted by Crippen LogP contribution is 2.39. The van der Waals surface area contributed by atoms with E-state index in [1.54, 1.807) is 12.1 Å². The molecule has 1 aromatic carbocycles. The quantitative estimate of drug-likeness (QED) is 0.804. The lowest BCUT2D eigenvalue weighted by Gasteiger charge is -2.42. The molecule has 1 saturated carbocycles. The second-order valence-electron chi connectivity index (χ2n) is 4.34. The van der Waals surface area contributed by atoms with Crippen molar-refractivity contribution in [1.82, 2.24) is 0 Å². The third-order valence-electron chi connectivity index (χ3n) is 2.84. The van der Waals surface area contributed by atoms with Gasteiger partial charge in [0.2, 0.25) is 0 Å². The van der Waals surface area contributed by atoms with Gasteiger partial charge < -0.3 is 5.32 Å². The number of hydrogen-bond acceptors (Lipinski definition) is 2. The lowest BCUT2D eigenvalue weighted by molar-refractivity contribution is 0.244. The van der Waals surface area contributed by atoms with Crippen molar-refractivity contribution in [2.75, 3.05) is 5.32 Å². The van der Waals surface area contributed by atoms with Gasteiger partial charge in [-0.3, -0.25) is 0 Å². The van der Waals surface area contributed by atoms with Crippen LogP contribution < -0.4 is 5.32 Å². The van der Waals surface area contributed by atoms with Crippen molar-refractivity contribution in [2.24, 2.45) is 5.92 Å². The van der Waals surface area contributed by atoms with Gasteiger partial charge in [0, 0.05) is 5.69 Å². The average Bonchev–Trinajstić information content (AvgIpc) is 2.18. The lowest BCUT2D eigenvalue weighted by Crippen LogP contribution is -2.48. The molecule has 0 heterocycles. The number of anilines is 1. The molecule has 0 saturated heterocycles. The van der Waals surface area contributed by atoms with Crippen LogP contribution in [0.15, 0.2) is 24.3 Å². The van der Waals surface area contributed by atoms with E-state index in [9.17, 15) is 4.39 Å². The van der Waals surface area contributed by atoms with Gasteiger partial charge in [0.15, 0.2) is 0 Å². The summed E-state index contributed by atoms with van der Waals surface area (Å²) in [6.45, 7) is 2.13. The Morgan fingerprint density at radius 1 is 1.40 bits per heavy atom. The largest absolute Gasteiger partial charge is 0.367 e. The van der Waals surface area contributed by atoms with Crippen molar-refractivity contribution in [3.05, 3.63) is 30.1 Å². The molecule has 0 unspecified atom stereocenters. The number of hydrogen-bond donors (Lipinski definition) is 1. The summed E-state index contributed by atoms with van der Waals surface area (Å²) >= 11 is 0. The maximum Gasteiger partial charge on any atom is 0.125 e. The highest BCUT2D eigenvalue weighted by molar-refractivity contribution is 5.48. The normalized spacial score (nSPS) is 29.0. The molecule has 1 aromatic rings. The molecule has 15 heavy (non-hydrogen) atoms. The molecule has 2 nitrogen and oxygen atoms in total. The molecule has 0 bridgehead atoms. The predicted octanol–water partition coefficient (Wildman–Crippen LogP) is 2.93. The third-order valence-corrected chi connectivity index (χ3v) is 2.84. The van der Waals surface area contributed by atoms with E-state index in [1.807, 2.05) is 0 Å². The van der Waals surface area contributed by atoms with Gasteiger partial charge in [-0.15, -0.1) is 0 Å². The number of benzene rings is 1. The summed E-state index contributed by atoms with van der Waals surface area (Å²) in [5, 5.41) is 12.3. The molecule has 0 aromatic heterocycles. The molecule has 2 rings (SSSR count). The first-order valence-corrected chi connectivity index (χ1v) is 5.08. The Morgan fingerprint density at radius 2 is 2.00 bits per heavy atom. The Morgan fingerprint density at radius 3 is 2.47 bits per heavy atom. The molecule has 78 valence electrons. The van der Waals surface area contributed by atoms with Crippen molar-refractivity contribution < 1.29 is 4.39 Å². The van der Waals surface area contributed by atoms with Crippen molar-refractivity contribution in [3.63, 3.8) is 0 Å². The van der Waals surface area contributed by atoms with E-state index in [-0.39, 0.29) is 5.82 Å². The minimum atomic E-state index is -0.433. The van der Waals surface area contributed by atoms with Gasteiger partial charge in [-0.25, -0.2) is 4.39 Å². The summed E-state index contributed by atoms with van der Waals surface area (Å²) in [5.41, 5.74) is 0.377. The summed E-state index contributed by atoms with van der Waals surface area (Å²) in [6, 6.07) is 8.43. The molecule has 0 amide bonds. The zero-order valence-electron chi connectivity index (χ0n) is 8.63. The highest BCUT2D eigenvalue weighted by atomic mass is 19.1. The Bertz CT molecular complexity index is 385. The van der Waals surface area contributed by atoms with Crippen LogP contribution in [-0.2, 0) is 0 Å². The Balaban J connectivity index is 2.09. The molecule has 3 heteroatoms. The number of nitrogens with zero attached hydrogens (tertiary/aromatic N) is 1. The molecular formula is C12H13FN2. The molecule has 0 spiro atoms. The van der Waals surface area contributed by atoms with Crippen LogP contribution in [0, 0.1) is 23.1 Å². The van der Waals surface area contributed by atoms with Gasteiger partial charge in [-0.2, -0.15) is 5.26 Å². The summed E-state index contributed by atoms with van der Waals surface area (Å²) in [4.78, 5) is 0. The number of nitrogens with one attached hydrogen (secondary N) is 1. The minimum Gasteiger partial charge on any atom is -0.367 e. The maximum atomic E-state index is 12.7. The first-order chi connectivity index (χ1) is 7.13. The molecule has 0 radical (unpaired) electrons. The van der Waals surface area contributed by atoms with E-state index in [1.165, 1.54) is 12.1 Å². The summed E-state index contributed by atoms with van der Waals surface area (Å²) in [7, 11) is 0. The van der Waals surface area contributed by atoms with Crippen LogP contribution in [-0.4, -0.2) is 5.54 Å². The van der Waals surface area contributed by atoms with Gasteiger partial charge in [-0.05, 0) is 43.0 Å². The van der Waals surface area contributed by atoms with Crippen LogP contribution in [0.25, 0.3) is 0 Å². The van der Waals surface area contributed by atoms with E-state index in [4.69, 9.17) is 5.26 Å². The number of halogens is 1. The first-order valence-electron chi connectivity index (χ1n) is 5.08. The van der Waals surface area contributed by atoms with Crippen LogP contribution in [0.3, 0.4) is 0 Å². The maximum absolute atomic E-state index is 12.7. The van der Waals surface area contributed by atoms with E-state index in [2.05, 4.69) is 18.3 Å². The van der Waals surface area contributed by atoms with Gasteiger partial charge in [0.25, 0.3) is 0 Å². The molecule has 1 aliphatic carbocycles. The van der Waals surface area contributed by atoms with E-state index in [0.29, 0.717) is 5.92 Å². The number of nitriles is 1. The fraction of sp³-hybridized carbons (Fsp3) is 0.417. The van der Waals surface area contributed by atoms with Crippen molar-refractivity contribution >= 4 is 5.69 Å². The van der Waals surface area contributed by atoms with Crippen LogP contribution in [0.1, 0.15) is 19.8 Å². The highest BCUT2D eigenvalue weighted by Gasteiger charge is 2.42. The molecule has 1 aliphatic rings. The number of rotatable bonds is 2. The van der Waals surface area contributed by atoms with Crippen LogP contribution >= 0.6 is 0 Å². The second-order valence-corrected chi connectivity index (χ2v) is 4.34. The Kier molecular flexibility index (Phi) is 2.36. The first kappa shape index (κ1) is 9.97. The molecular weight excluding hydrogens is 191 g/mol. The second kappa shape index (κ2) is 3.54. The lowest BCUT2D eigenvalue weighted by atomic mass is 9.70. The van der Waals surface area contributed by atoms with Crippen molar-refractivity contribution in [3.8, 4) is 6.07 Å². The van der Waals surface area contributed by atoms with E-state index < -0.39 is 5.54 Å². The fourth-order valence-corrected chi connectivity index (χ4v) is 2.16. The standard InChI is InChI=1S/C12H13FN2/c1-9-6-12(7-9,8-14)15-11-4-2-10(13)3-5-11/h2-5,9,15H,6-7H2,1H3. The summed E-state index contributed by atoms with van der Waals surface area (Å²) in [5.74, 6) is 0.339. The van der Waals surface area contributed by atoms with Crippen molar-refractivity contribution in [2.45, 2.75) is 25.3 Å². The molecule has 0 aliphatic heterocycles. The Labute approximate surface area is 88.7 Å². The smallest absolute Gasteiger partial charge is 0.125 e.